The largest absolute Gasteiger partial charge is 0.347 e. The number of sulfonamides is 1. The Bertz CT molecular complexity index is 1030. The number of hydrogen-bond acceptors (Lipinski definition) is 4. The van der Waals surface area contributed by atoms with Crippen LogP contribution in [-0.4, -0.2) is 24.8 Å². The Kier molecular flexibility index (Phi) is 4.74. The summed E-state index contributed by atoms with van der Waals surface area (Å²) in [6, 6.07) is 7.32. The average molecular weight is 371 g/mol. The molecule has 0 radical (unpaired) electrons. The van der Waals surface area contributed by atoms with E-state index in [2.05, 4.69) is 10.8 Å². The quantitative estimate of drug-likeness (QED) is 0.838. The van der Waals surface area contributed by atoms with Gasteiger partial charge in [-0.05, 0) is 43.9 Å². The first-order valence-corrected chi connectivity index (χ1v) is 9.94. The van der Waals surface area contributed by atoms with E-state index in [0.29, 0.717) is 29.7 Å². The van der Waals surface area contributed by atoms with Crippen LogP contribution in [0.25, 0.3) is 0 Å². The van der Waals surface area contributed by atoms with Gasteiger partial charge >= 0.3 is 0 Å². The topological polar surface area (TPSA) is 92.0 Å². The first-order chi connectivity index (χ1) is 12.2. The molecule has 0 saturated heterocycles. The van der Waals surface area contributed by atoms with Crippen molar-refractivity contribution in [2.45, 2.75) is 44.0 Å². The van der Waals surface area contributed by atoms with Gasteiger partial charge in [0.1, 0.15) is 4.90 Å². The van der Waals surface area contributed by atoms with Crippen LogP contribution >= 0.6 is 0 Å². The molecule has 1 aromatic heterocycles. The maximum absolute atomic E-state index is 12.9. The molecule has 2 heterocycles. The van der Waals surface area contributed by atoms with Crippen LogP contribution in [0.15, 0.2) is 29.3 Å². The molecule has 1 aliphatic rings. The van der Waals surface area contributed by atoms with Crippen LogP contribution in [0.4, 0.5) is 0 Å². The van der Waals surface area contributed by atoms with Gasteiger partial charge in [0.25, 0.3) is 0 Å². The highest BCUT2D eigenvalue weighted by Crippen LogP contribution is 2.28. The van der Waals surface area contributed by atoms with Crippen molar-refractivity contribution in [3.8, 4) is 6.07 Å². The smallest absolute Gasteiger partial charge is 0.242 e. The molecule has 7 heteroatoms. The number of Topliss-reactive ketones (excluding diaryl/α,β-unsaturated/α-hetero) is 1. The standard InChI is InChI=1S/C19H21N3O3S/c1-12-4-6-14(8-15(12)10-20)9-17(23)19-16-7-5-13(2)21-26(24,25)18(16)11-22(19)3/h4,6,8,11,13,21H,5,7,9H2,1-3H3/t13-/m0/s1. The molecule has 1 aromatic carbocycles. The lowest BCUT2D eigenvalue weighted by atomic mass is 9.98. The van der Waals surface area contributed by atoms with Crippen LogP contribution in [-0.2, 0) is 29.9 Å². The molecule has 1 N–H and O–H groups in total. The predicted octanol–water partition coefficient (Wildman–Crippen LogP) is 2.24. The molecule has 0 spiro atoms. The van der Waals surface area contributed by atoms with Gasteiger partial charge in [0.2, 0.25) is 10.0 Å². The molecule has 1 aliphatic heterocycles. The number of nitrogens with one attached hydrogen (secondary N) is 1. The van der Waals surface area contributed by atoms with Crippen molar-refractivity contribution >= 4 is 15.8 Å². The zero-order chi connectivity index (χ0) is 19.1. The van der Waals surface area contributed by atoms with E-state index in [1.807, 2.05) is 26.0 Å². The van der Waals surface area contributed by atoms with Gasteiger partial charge in [-0.3, -0.25) is 4.79 Å². The van der Waals surface area contributed by atoms with E-state index in [4.69, 9.17) is 5.26 Å². The molecule has 0 unspecified atom stereocenters. The fourth-order valence-corrected chi connectivity index (χ4v) is 5.00. The zero-order valence-corrected chi connectivity index (χ0v) is 15.9. The Morgan fingerprint density at radius 1 is 1.42 bits per heavy atom. The predicted molar refractivity (Wildman–Crippen MR) is 97.4 cm³/mol. The minimum Gasteiger partial charge on any atom is -0.347 e. The van der Waals surface area contributed by atoms with Gasteiger partial charge in [-0.2, -0.15) is 5.26 Å². The van der Waals surface area contributed by atoms with Crippen molar-refractivity contribution in [1.82, 2.24) is 9.29 Å². The summed E-state index contributed by atoms with van der Waals surface area (Å²) in [5.74, 6) is -0.147. The molecule has 0 amide bonds. The van der Waals surface area contributed by atoms with Crippen LogP contribution in [0.3, 0.4) is 0 Å². The van der Waals surface area contributed by atoms with Gasteiger partial charge in [-0.1, -0.05) is 12.1 Å². The lowest BCUT2D eigenvalue weighted by Crippen LogP contribution is -2.30. The summed E-state index contributed by atoms with van der Waals surface area (Å²) in [6.45, 7) is 3.67. The van der Waals surface area contributed by atoms with Crippen LogP contribution in [0.1, 0.15) is 46.1 Å². The first-order valence-electron chi connectivity index (χ1n) is 8.46. The molecule has 1 atom stereocenters. The van der Waals surface area contributed by atoms with E-state index in [1.165, 1.54) is 6.20 Å². The minimum absolute atomic E-state index is 0.127. The monoisotopic (exact) mass is 371 g/mol. The van der Waals surface area contributed by atoms with Gasteiger partial charge in [0.05, 0.1) is 17.3 Å². The fourth-order valence-electron chi connectivity index (χ4n) is 3.40. The van der Waals surface area contributed by atoms with Crippen LogP contribution in [0.5, 0.6) is 0 Å². The Morgan fingerprint density at radius 2 is 2.15 bits per heavy atom. The zero-order valence-electron chi connectivity index (χ0n) is 15.0. The molecule has 136 valence electrons. The summed E-state index contributed by atoms with van der Waals surface area (Å²) in [6.07, 6.45) is 2.81. The number of fused-ring (bicyclic) bond motifs is 1. The highest BCUT2D eigenvalue weighted by molar-refractivity contribution is 7.89. The molecule has 0 fully saturated rings. The van der Waals surface area contributed by atoms with Gasteiger partial charge in [0.15, 0.2) is 5.78 Å². The van der Waals surface area contributed by atoms with Crippen LogP contribution in [0.2, 0.25) is 0 Å². The summed E-state index contributed by atoms with van der Waals surface area (Å²) in [5.41, 5.74) is 3.17. The molecular formula is C19H21N3O3S. The van der Waals surface area contributed by atoms with Crippen molar-refractivity contribution in [1.29, 1.82) is 5.26 Å². The number of nitrogens with zero attached hydrogens (tertiary/aromatic N) is 2. The Balaban J connectivity index is 1.99. The fraction of sp³-hybridized carbons (Fsp3) is 0.368. The summed E-state index contributed by atoms with van der Waals surface area (Å²) in [5, 5.41) is 9.16. The SMILES string of the molecule is Cc1ccc(CC(=O)c2c3c(cn2C)S(=O)(=O)N[C@@H](C)CC3)cc1C#N. The second-order valence-corrected chi connectivity index (χ2v) is 8.54. The summed E-state index contributed by atoms with van der Waals surface area (Å²) in [4.78, 5) is 13.1. The summed E-state index contributed by atoms with van der Waals surface area (Å²) < 4.78 is 29.2. The number of carbonyl (C=O) groups excluding carboxylic acids is 1. The number of ketones is 1. The van der Waals surface area contributed by atoms with Gasteiger partial charge in [-0.25, -0.2) is 13.1 Å². The van der Waals surface area contributed by atoms with Crippen molar-refractivity contribution < 1.29 is 13.2 Å². The third kappa shape index (κ3) is 3.30. The van der Waals surface area contributed by atoms with Crippen molar-refractivity contribution in [2.24, 2.45) is 7.05 Å². The van der Waals surface area contributed by atoms with Crippen LogP contribution in [0, 0.1) is 18.3 Å². The van der Waals surface area contributed by atoms with E-state index in [0.717, 1.165) is 11.1 Å². The number of benzene rings is 1. The highest BCUT2D eigenvalue weighted by Gasteiger charge is 2.31. The number of aryl methyl sites for hydroxylation is 2. The number of carbonyl (C=O) groups is 1. The molecule has 0 saturated carbocycles. The lowest BCUT2D eigenvalue weighted by Gasteiger charge is -2.09. The second-order valence-electron chi connectivity index (χ2n) is 6.85. The molecule has 2 aromatic rings. The number of hydrogen-bond donors (Lipinski definition) is 1. The molecule has 6 nitrogen and oxygen atoms in total. The Labute approximate surface area is 153 Å². The third-order valence-electron chi connectivity index (χ3n) is 4.77. The highest BCUT2D eigenvalue weighted by atomic mass is 32.2. The van der Waals surface area contributed by atoms with Gasteiger partial charge < -0.3 is 4.57 Å². The molecular weight excluding hydrogens is 350 g/mol. The maximum Gasteiger partial charge on any atom is 0.242 e. The number of nitriles is 1. The average Bonchev–Trinajstić information content (AvgIpc) is 2.86. The van der Waals surface area contributed by atoms with Gasteiger partial charge in [-0.15, -0.1) is 0 Å². The Hall–Kier alpha value is -2.43. The van der Waals surface area contributed by atoms with Crippen LogP contribution < -0.4 is 4.72 Å². The van der Waals surface area contributed by atoms with Crippen molar-refractivity contribution in [2.75, 3.05) is 0 Å². The first kappa shape index (κ1) is 18.4. The third-order valence-corrected chi connectivity index (χ3v) is 6.41. The molecule has 0 bridgehead atoms. The molecule has 0 aliphatic carbocycles. The second kappa shape index (κ2) is 6.71. The van der Waals surface area contributed by atoms with E-state index >= 15 is 0 Å². The van der Waals surface area contributed by atoms with Crippen molar-refractivity contribution in [3.63, 3.8) is 0 Å². The summed E-state index contributed by atoms with van der Waals surface area (Å²) >= 11 is 0. The van der Waals surface area contributed by atoms with E-state index in [-0.39, 0.29) is 23.1 Å². The minimum atomic E-state index is -3.62. The Morgan fingerprint density at radius 3 is 2.85 bits per heavy atom. The number of rotatable bonds is 3. The molecule has 3 rings (SSSR count). The maximum atomic E-state index is 12.9. The number of aromatic nitrogens is 1. The lowest BCUT2D eigenvalue weighted by molar-refractivity contribution is 0.0984. The normalized spacial score (nSPS) is 18.6. The van der Waals surface area contributed by atoms with Gasteiger partial charge in [0, 0.05) is 31.3 Å². The van der Waals surface area contributed by atoms with E-state index < -0.39 is 10.0 Å². The molecule has 26 heavy (non-hydrogen) atoms. The van der Waals surface area contributed by atoms with E-state index in [9.17, 15) is 13.2 Å². The summed E-state index contributed by atoms with van der Waals surface area (Å²) in [7, 11) is -1.93. The van der Waals surface area contributed by atoms with Crippen molar-refractivity contribution in [3.05, 3.63) is 52.3 Å². The van der Waals surface area contributed by atoms with E-state index in [1.54, 1.807) is 17.7 Å².